The largest absolute Gasteiger partial charge is 0.453 e. The Labute approximate surface area is 327 Å². The number of carbonyl (C=O) groups excluding carboxylic acids is 5. The van der Waals surface area contributed by atoms with Gasteiger partial charge in [-0.25, -0.2) is 14.8 Å². The number of aromatic amines is 2. The van der Waals surface area contributed by atoms with Gasteiger partial charge in [-0.15, -0.1) is 0 Å². The van der Waals surface area contributed by atoms with Crippen molar-refractivity contribution in [1.82, 2.24) is 40.4 Å². The first-order valence-corrected chi connectivity index (χ1v) is 19.6. The number of hydrogen-bond donors (Lipinski definition) is 5. The molecule has 3 aromatic heterocycles. The lowest BCUT2D eigenvalue weighted by atomic mass is 10.0. The summed E-state index contributed by atoms with van der Waals surface area (Å²) in [6, 6.07) is 16.3. The number of H-pyrrole nitrogens is 2. The molecule has 0 radical (unpaired) electrons. The van der Waals surface area contributed by atoms with Crippen LogP contribution in [0.25, 0.3) is 32.2 Å². The van der Waals surface area contributed by atoms with E-state index in [4.69, 9.17) is 9.72 Å². The Morgan fingerprint density at radius 2 is 1.61 bits per heavy atom. The van der Waals surface area contributed by atoms with Crippen LogP contribution in [0.1, 0.15) is 69.9 Å². The number of amides is 5. The Morgan fingerprint density at radius 1 is 0.893 bits per heavy atom. The van der Waals surface area contributed by atoms with Gasteiger partial charge in [0.2, 0.25) is 23.6 Å². The van der Waals surface area contributed by atoms with Crippen molar-refractivity contribution >= 4 is 57.2 Å². The van der Waals surface area contributed by atoms with Gasteiger partial charge in [0.15, 0.2) is 0 Å². The highest BCUT2D eigenvalue weighted by molar-refractivity contribution is 7.21. The van der Waals surface area contributed by atoms with Crippen LogP contribution in [0.5, 0.6) is 0 Å². The molecule has 0 bridgehead atoms. The van der Waals surface area contributed by atoms with Crippen molar-refractivity contribution < 1.29 is 28.7 Å². The van der Waals surface area contributed by atoms with E-state index in [1.165, 1.54) is 25.4 Å². The number of rotatable bonds is 11. The zero-order valence-corrected chi connectivity index (χ0v) is 32.4. The molecule has 2 saturated heterocycles. The number of thiazole rings is 1. The second-order valence-electron chi connectivity index (χ2n) is 14.4. The number of anilines is 1. The summed E-state index contributed by atoms with van der Waals surface area (Å²) >= 11 is 1.46. The Hall–Kier alpha value is -6.03. The smallest absolute Gasteiger partial charge is 0.407 e. The summed E-state index contributed by atoms with van der Waals surface area (Å²) < 4.78 is 4.74. The molecule has 56 heavy (non-hydrogen) atoms. The quantitative estimate of drug-likeness (QED) is 0.115. The number of imidazole rings is 1. The fourth-order valence-electron chi connectivity index (χ4n) is 7.46. The molecule has 2 aliphatic heterocycles. The molecule has 4 unspecified atom stereocenters. The van der Waals surface area contributed by atoms with E-state index in [1.54, 1.807) is 34.2 Å². The van der Waals surface area contributed by atoms with Gasteiger partial charge >= 0.3 is 6.09 Å². The van der Waals surface area contributed by atoms with Crippen molar-refractivity contribution in [2.24, 2.45) is 5.92 Å². The fraction of sp³-hybridized carbons (Fsp3) is 0.375. The third kappa shape index (κ3) is 8.01. The maximum atomic E-state index is 13.7. The highest BCUT2D eigenvalue weighted by atomic mass is 32.1. The molecule has 0 aliphatic carbocycles. The van der Waals surface area contributed by atoms with Gasteiger partial charge in [0.25, 0.3) is 0 Å². The predicted molar refractivity (Wildman–Crippen MR) is 211 cm³/mol. The lowest BCUT2D eigenvalue weighted by Crippen LogP contribution is -2.51. The Bertz CT molecular complexity index is 2200. The molecule has 16 heteroatoms. The molecule has 5 N–H and O–H groups in total. The van der Waals surface area contributed by atoms with E-state index < -0.39 is 24.2 Å². The van der Waals surface area contributed by atoms with Crippen molar-refractivity contribution in [3.05, 3.63) is 78.2 Å². The normalized spacial score (nSPS) is 17.9. The molecule has 0 spiro atoms. The number of hydrogen-bond acceptors (Lipinski definition) is 9. The van der Waals surface area contributed by atoms with Gasteiger partial charge in [0.1, 0.15) is 45.1 Å². The molecular formula is C40H45N9O6S. The van der Waals surface area contributed by atoms with Crippen LogP contribution in [0.15, 0.2) is 66.9 Å². The van der Waals surface area contributed by atoms with Crippen LogP contribution in [0, 0.1) is 5.92 Å². The average Bonchev–Trinajstić information content (AvgIpc) is 4.04. The van der Waals surface area contributed by atoms with Gasteiger partial charge in [0.05, 0.1) is 25.0 Å². The first-order valence-electron chi connectivity index (χ1n) is 18.7. The fourth-order valence-corrected chi connectivity index (χ4v) is 8.43. The van der Waals surface area contributed by atoms with Gasteiger partial charge in [-0.1, -0.05) is 79.8 Å². The molecule has 2 aliphatic rings. The van der Waals surface area contributed by atoms with Crippen LogP contribution in [-0.2, 0) is 23.9 Å². The lowest BCUT2D eigenvalue weighted by molar-refractivity contribution is -0.140. The zero-order valence-electron chi connectivity index (χ0n) is 31.6. The van der Waals surface area contributed by atoms with E-state index in [2.05, 4.69) is 30.9 Å². The van der Waals surface area contributed by atoms with Gasteiger partial charge in [0, 0.05) is 31.6 Å². The van der Waals surface area contributed by atoms with E-state index in [0.717, 1.165) is 39.5 Å². The standard InChI is InChI=1S/C40H45N9O6S/c1-22(2)32(47-40(54)55-4)38(52)48-18-8-12-29(48)34-41-21-28(43-34)24-14-16-26(17-15-24)36-44-27-20-31(46-37(27)56-36)45-35(51)30-13-9-19-49(30)39(53)33(42-23(3)50)25-10-6-5-7-11-25/h5-7,10-11,14-17,20-22,29-30,32-33,46H,8-9,12-13,18-19H2,1-4H3,(H,41,43)(H,42,50)(H,45,51)(H,47,54). The van der Waals surface area contributed by atoms with Crippen LogP contribution >= 0.6 is 11.3 Å². The van der Waals surface area contributed by atoms with E-state index in [0.29, 0.717) is 48.7 Å². The minimum absolute atomic E-state index is 0.119. The number of ether oxygens (including phenoxy) is 1. The Morgan fingerprint density at radius 3 is 2.30 bits per heavy atom. The van der Waals surface area contributed by atoms with Crippen LogP contribution in [0.3, 0.4) is 0 Å². The number of likely N-dealkylation sites (tertiary alicyclic amines) is 2. The number of benzene rings is 2. The summed E-state index contributed by atoms with van der Waals surface area (Å²) in [7, 11) is 1.28. The maximum absolute atomic E-state index is 13.7. The van der Waals surface area contributed by atoms with Crippen LogP contribution in [-0.4, -0.2) is 91.7 Å². The number of aromatic nitrogens is 4. The monoisotopic (exact) mass is 779 g/mol. The molecule has 7 rings (SSSR count). The molecule has 292 valence electrons. The topological polar surface area (TPSA) is 195 Å². The SMILES string of the molecule is COC(=O)NC(C(=O)N1CCCC1c1ncc(-c2ccc(-c3nc4cc(NC(=O)C5CCCN5C(=O)C(NC(C)=O)c5ccccc5)[nH]c4s3)cc2)[nH]1)C(C)C. The van der Waals surface area contributed by atoms with Crippen molar-refractivity contribution in [1.29, 1.82) is 0 Å². The Balaban J connectivity index is 0.994. The minimum atomic E-state index is -0.881. The first-order chi connectivity index (χ1) is 27.0. The van der Waals surface area contributed by atoms with Crippen LogP contribution in [0.2, 0.25) is 0 Å². The molecule has 5 amide bonds. The van der Waals surface area contributed by atoms with E-state index in [-0.39, 0.29) is 35.6 Å². The van der Waals surface area contributed by atoms with Crippen LogP contribution < -0.4 is 16.0 Å². The van der Waals surface area contributed by atoms with Crippen molar-refractivity contribution in [2.75, 3.05) is 25.5 Å². The van der Waals surface area contributed by atoms with Gasteiger partial charge in [-0.05, 0) is 42.7 Å². The van der Waals surface area contributed by atoms with Crippen LogP contribution in [0.4, 0.5) is 10.6 Å². The van der Waals surface area contributed by atoms with Crippen molar-refractivity contribution in [2.45, 2.75) is 70.6 Å². The Kier molecular flexibility index (Phi) is 11.2. The third-order valence-corrected chi connectivity index (χ3v) is 11.3. The average molecular weight is 780 g/mol. The third-order valence-electron chi connectivity index (χ3n) is 10.3. The highest BCUT2D eigenvalue weighted by Crippen LogP contribution is 2.35. The van der Waals surface area contributed by atoms with E-state index >= 15 is 0 Å². The molecule has 0 saturated carbocycles. The summed E-state index contributed by atoms with van der Waals surface area (Å²) in [4.78, 5) is 84.9. The van der Waals surface area contributed by atoms with Gasteiger partial charge < -0.3 is 40.5 Å². The second-order valence-corrected chi connectivity index (χ2v) is 15.4. The summed E-state index contributed by atoms with van der Waals surface area (Å²) in [5.41, 5.74) is 4.03. The molecule has 5 heterocycles. The molecule has 15 nitrogen and oxygen atoms in total. The predicted octanol–water partition coefficient (Wildman–Crippen LogP) is 5.53. The van der Waals surface area contributed by atoms with Crippen molar-refractivity contribution in [3.8, 4) is 21.8 Å². The number of fused-ring (bicyclic) bond motifs is 1. The number of nitrogens with zero attached hydrogens (tertiary/aromatic N) is 4. The molecule has 4 atom stereocenters. The lowest BCUT2D eigenvalue weighted by Gasteiger charge is -2.30. The molecule has 2 aromatic carbocycles. The summed E-state index contributed by atoms with van der Waals surface area (Å²) in [6.45, 7) is 6.14. The molecule has 2 fully saturated rings. The number of methoxy groups -OCH3 is 1. The number of carbonyl (C=O) groups is 5. The summed E-state index contributed by atoms with van der Waals surface area (Å²) in [6.07, 6.45) is 3.91. The number of alkyl carbamates (subject to hydrolysis) is 1. The second kappa shape index (κ2) is 16.4. The molecule has 5 aromatic rings. The summed E-state index contributed by atoms with van der Waals surface area (Å²) in [5, 5.41) is 9.17. The summed E-state index contributed by atoms with van der Waals surface area (Å²) in [5.74, 6) is -0.0472. The van der Waals surface area contributed by atoms with Gasteiger partial charge in [-0.3, -0.25) is 19.2 Å². The maximum Gasteiger partial charge on any atom is 0.407 e. The number of nitrogens with one attached hydrogen (secondary N) is 5. The first kappa shape index (κ1) is 38.3. The minimum Gasteiger partial charge on any atom is -0.453 e. The van der Waals surface area contributed by atoms with Gasteiger partial charge in [-0.2, -0.15) is 0 Å². The van der Waals surface area contributed by atoms with E-state index in [1.807, 2.05) is 56.3 Å². The highest BCUT2D eigenvalue weighted by Gasteiger charge is 2.39. The van der Waals surface area contributed by atoms with Crippen molar-refractivity contribution in [3.63, 3.8) is 0 Å². The van der Waals surface area contributed by atoms with E-state index in [9.17, 15) is 24.0 Å². The zero-order chi connectivity index (χ0) is 39.5. The molecular weight excluding hydrogens is 735 g/mol.